The highest BCUT2D eigenvalue weighted by atomic mass is 127. The second-order valence-corrected chi connectivity index (χ2v) is 7.13. The average Bonchev–Trinajstić information content (AvgIpc) is 3.00. The number of para-hydroxylation sites is 1. The van der Waals surface area contributed by atoms with E-state index in [9.17, 15) is 4.79 Å². The number of ether oxygens (including phenoxy) is 1. The zero-order valence-electron chi connectivity index (χ0n) is 16.5. The van der Waals surface area contributed by atoms with Gasteiger partial charge in [-0.05, 0) is 37.8 Å². The molecule has 1 N–H and O–H groups in total. The predicted molar refractivity (Wildman–Crippen MR) is 120 cm³/mol. The Morgan fingerprint density at radius 2 is 2.00 bits per heavy atom. The molecule has 0 aromatic heterocycles. The lowest BCUT2D eigenvalue weighted by Crippen LogP contribution is -2.48. The molecule has 1 unspecified atom stereocenters. The molecule has 2 aliphatic heterocycles. The van der Waals surface area contributed by atoms with E-state index >= 15 is 0 Å². The number of anilines is 1. The normalized spacial score (nSPS) is 20.1. The van der Waals surface area contributed by atoms with Gasteiger partial charge < -0.3 is 19.9 Å². The van der Waals surface area contributed by atoms with E-state index in [0.29, 0.717) is 6.04 Å². The Labute approximate surface area is 179 Å². The van der Waals surface area contributed by atoms with Crippen molar-refractivity contribution in [1.82, 2.24) is 10.2 Å². The summed E-state index contributed by atoms with van der Waals surface area (Å²) in [6.45, 7) is 5.76. The number of aliphatic imine (C=N–C) groups is 1. The van der Waals surface area contributed by atoms with Crippen molar-refractivity contribution in [3.05, 3.63) is 29.8 Å². The minimum absolute atomic E-state index is 0. The highest BCUT2D eigenvalue weighted by Gasteiger charge is 2.28. The third kappa shape index (κ3) is 5.06. The second kappa shape index (κ2) is 10.1. The molecule has 0 spiro atoms. The van der Waals surface area contributed by atoms with Crippen LogP contribution in [0.2, 0.25) is 0 Å². The number of nitrogens with zero attached hydrogens (tertiary/aromatic N) is 3. The number of fused-ring (bicyclic) bond motifs is 1. The van der Waals surface area contributed by atoms with Crippen LogP contribution in [-0.4, -0.2) is 63.2 Å². The summed E-state index contributed by atoms with van der Waals surface area (Å²) in [5.41, 5.74) is 2.80. The third-order valence-corrected chi connectivity index (χ3v) is 5.53. The van der Waals surface area contributed by atoms with Crippen LogP contribution in [-0.2, 0) is 16.0 Å². The van der Waals surface area contributed by atoms with Gasteiger partial charge in [0.1, 0.15) is 0 Å². The van der Waals surface area contributed by atoms with Crippen LogP contribution in [0.1, 0.15) is 25.3 Å². The molecule has 1 fully saturated rings. The van der Waals surface area contributed by atoms with Crippen molar-refractivity contribution in [2.45, 2.75) is 32.2 Å². The maximum absolute atomic E-state index is 11.7. The summed E-state index contributed by atoms with van der Waals surface area (Å²) < 4.78 is 4.86. The molecular formula is C20H31IN4O2. The number of benzene rings is 1. The number of guanidine groups is 1. The Morgan fingerprint density at radius 1 is 1.30 bits per heavy atom. The first-order valence-electron chi connectivity index (χ1n) is 9.52. The Bertz CT molecular complexity index is 659. The number of esters is 1. The lowest BCUT2D eigenvalue weighted by atomic mass is 9.97. The Hall–Kier alpha value is -1.51. The number of likely N-dealkylation sites (tertiary alicyclic amines) is 1. The van der Waals surface area contributed by atoms with Gasteiger partial charge in [-0.2, -0.15) is 0 Å². The van der Waals surface area contributed by atoms with Gasteiger partial charge in [-0.3, -0.25) is 9.79 Å². The van der Waals surface area contributed by atoms with Crippen LogP contribution in [0.5, 0.6) is 0 Å². The van der Waals surface area contributed by atoms with E-state index < -0.39 is 0 Å². The SMILES string of the molecule is CN=C(NCCN1c2ccccc2CC1C)N1CCC(C(=O)OC)CC1.I. The molecule has 2 heterocycles. The van der Waals surface area contributed by atoms with Gasteiger partial charge in [0, 0.05) is 45.0 Å². The highest BCUT2D eigenvalue weighted by Crippen LogP contribution is 2.31. The molecule has 0 amide bonds. The van der Waals surface area contributed by atoms with Crippen LogP contribution in [0.4, 0.5) is 5.69 Å². The molecule has 1 atom stereocenters. The van der Waals surface area contributed by atoms with Crippen LogP contribution in [0.3, 0.4) is 0 Å². The van der Waals surface area contributed by atoms with Crippen LogP contribution >= 0.6 is 24.0 Å². The van der Waals surface area contributed by atoms with E-state index in [4.69, 9.17) is 4.74 Å². The summed E-state index contributed by atoms with van der Waals surface area (Å²) in [4.78, 5) is 20.8. The molecule has 150 valence electrons. The van der Waals surface area contributed by atoms with Crippen LogP contribution < -0.4 is 10.2 Å². The smallest absolute Gasteiger partial charge is 0.308 e. The van der Waals surface area contributed by atoms with Crippen LogP contribution in [0.25, 0.3) is 0 Å². The highest BCUT2D eigenvalue weighted by molar-refractivity contribution is 14.0. The monoisotopic (exact) mass is 486 g/mol. The average molecular weight is 486 g/mol. The summed E-state index contributed by atoms with van der Waals surface area (Å²) >= 11 is 0. The fourth-order valence-electron chi connectivity index (χ4n) is 4.08. The van der Waals surface area contributed by atoms with Gasteiger partial charge in [0.15, 0.2) is 5.96 Å². The fourth-order valence-corrected chi connectivity index (χ4v) is 4.08. The molecule has 1 aromatic rings. The summed E-state index contributed by atoms with van der Waals surface area (Å²) in [7, 11) is 3.29. The van der Waals surface area contributed by atoms with E-state index in [1.54, 1.807) is 0 Å². The van der Waals surface area contributed by atoms with E-state index in [0.717, 1.165) is 51.4 Å². The number of carbonyl (C=O) groups excluding carboxylic acids is 1. The molecule has 1 saturated heterocycles. The van der Waals surface area contributed by atoms with Crippen molar-refractivity contribution < 1.29 is 9.53 Å². The molecular weight excluding hydrogens is 455 g/mol. The molecule has 27 heavy (non-hydrogen) atoms. The Balaban J connectivity index is 0.00000261. The first kappa shape index (κ1) is 21.8. The zero-order valence-corrected chi connectivity index (χ0v) is 18.8. The maximum atomic E-state index is 11.7. The van der Waals surface area contributed by atoms with Crippen molar-refractivity contribution in [2.24, 2.45) is 10.9 Å². The van der Waals surface area contributed by atoms with E-state index in [2.05, 4.69) is 51.3 Å². The van der Waals surface area contributed by atoms with E-state index in [1.807, 2.05) is 7.05 Å². The topological polar surface area (TPSA) is 57.2 Å². The summed E-state index contributed by atoms with van der Waals surface area (Å²) in [6, 6.07) is 9.20. The molecule has 2 aliphatic rings. The number of halogens is 1. The molecule has 0 bridgehead atoms. The van der Waals surface area contributed by atoms with E-state index in [-0.39, 0.29) is 35.9 Å². The number of nitrogens with one attached hydrogen (secondary N) is 1. The van der Waals surface area contributed by atoms with Gasteiger partial charge in [-0.15, -0.1) is 24.0 Å². The summed E-state index contributed by atoms with van der Waals surface area (Å²) in [6.07, 6.45) is 2.76. The van der Waals surface area contributed by atoms with Gasteiger partial charge >= 0.3 is 5.97 Å². The first-order valence-corrected chi connectivity index (χ1v) is 9.52. The predicted octanol–water partition coefficient (Wildman–Crippen LogP) is 2.52. The number of piperidine rings is 1. The molecule has 3 rings (SSSR count). The molecule has 1 aromatic carbocycles. The molecule has 0 radical (unpaired) electrons. The number of carbonyl (C=O) groups is 1. The van der Waals surface area contributed by atoms with Gasteiger partial charge in [-0.25, -0.2) is 0 Å². The molecule has 0 aliphatic carbocycles. The van der Waals surface area contributed by atoms with E-state index in [1.165, 1.54) is 18.4 Å². The Morgan fingerprint density at radius 3 is 2.67 bits per heavy atom. The molecule has 0 saturated carbocycles. The summed E-state index contributed by atoms with van der Waals surface area (Å²) in [5, 5.41) is 3.49. The largest absolute Gasteiger partial charge is 0.469 e. The first-order chi connectivity index (χ1) is 12.6. The number of methoxy groups -OCH3 is 1. The number of hydrogen-bond donors (Lipinski definition) is 1. The van der Waals surface area contributed by atoms with Gasteiger partial charge in [0.2, 0.25) is 0 Å². The molecule has 6 nitrogen and oxygen atoms in total. The van der Waals surface area contributed by atoms with Crippen LogP contribution in [0.15, 0.2) is 29.3 Å². The summed E-state index contributed by atoms with van der Waals surface area (Å²) in [5.74, 6) is 0.860. The lowest BCUT2D eigenvalue weighted by molar-refractivity contribution is -0.146. The zero-order chi connectivity index (χ0) is 18.5. The number of hydrogen-bond acceptors (Lipinski definition) is 4. The van der Waals surface area contributed by atoms with Crippen molar-refractivity contribution in [3.63, 3.8) is 0 Å². The quantitative estimate of drug-likeness (QED) is 0.307. The van der Waals surface area contributed by atoms with Crippen molar-refractivity contribution in [2.75, 3.05) is 45.2 Å². The minimum atomic E-state index is -0.0886. The number of rotatable bonds is 4. The third-order valence-electron chi connectivity index (χ3n) is 5.53. The van der Waals surface area contributed by atoms with Crippen molar-refractivity contribution >= 4 is 41.6 Å². The van der Waals surface area contributed by atoms with Gasteiger partial charge in [-0.1, -0.05) is 18.2 Å². The van der Waals surface area contributed by atoms with Crippen molar-refractivity contribution in [3.8, 4) is 0 Å². The molecule has 7 heteroatoms. The minimum Gasteiger partial charge on any atom is -0.469 e. The second-order valence-electron chi connectivity index (χ2n) is 7.13. The Kier molecular flexibility index (Phi) is 8.19. The fraction of sp³-hybridized carbons (Fsp3) is 0.600. The lowest BCUT2D eigenvalue weighted by Gasteiger charge is -2.33. The maximum Gasteiger partial charge on any atom is 0.308 e. The van der Waals surface area contributed by atoms with Crippen LogP contribution in [0, 0.1) is 5.92 Å². The van der Waals surface area contributed by atoms with Gasteiger partial charge in [0.05, 0.1) is 13.0 Å². The van der Waals surface area contributed by atoms with Crippen molar-refractivity contribution in [1.29, 1.82) is 0 Å². The van der Waals surface area contributed by atoms with Gasteiger partial charge in [0.25, 0.3) is 0 Å². The standard InChI is InChI=1S/C20H30N4O2.HI/c1-15-14-17-6-4-5-7-18(17)24(15)13-10-22-20(21-2)23-11-8-16(9-12-23)19(25)26-3;/h4-7,15-16H,8-14H2,1-3H3,(H,21,22);1H.